The van der Waals surface area contributed by atoms with Crippen LogP contribution in [0.4, 0.5) is 0 Å². The zero-order valence-corrected chi connectivity index (χ0v) is 13.3. The monoisotopic (exact) mass is 269 g/mol. The number of nitrogens with one attached hydrogen (secondary N) is 1. The predicted octanol–water partition coefficient (Wildman–Crippen LogP) is 1.88. The zero-order chi connectivity index (χ0) is 14.7. The molecule has 3 N–H and O–H groups in total. The van der Waals surface area contributed by atoms with E-state index in [2.05, 4.69) is 31.0 Å². The second-order valence-corrected chi connectivity index (χ2v) is 6.77. The van der Waals surface area contributed by atoms with Crippen molar-refractivity contribution in [3.63, 3.8) is 0 Å². The molecule has 0 aliphatic carbocycles. The fraction of sp³-hybridized carbons (Fsp3) is 0.933. The molecule has 19 heavy (non-hydrogen) atoms. The molecule has 0 saturated carbocycles. The van der Waals surface area contributed by atoms with Gasteiger partial charge in [-0.15, -0.1) is 0 Å². The van der Waals surface area contributed by atoms with Crippen molar-refractivity contribution >= 4 is 5.91 Å². The maximum Gasteiger partial charge on any atom is 0.240 e. The van der Waals surface area contributed by atoms with E-state index < -0.39 is 5.54 Å². The van der Waals surface area contributed by atoms with E-state index in [9.17, 15) is 4.79 Å². The second-order valence-electron chi connectivity index (χ2n) is 6.77. The molecule has 1 amide bonds. The minimum atomic E-state index is -0.693. The maximum absolute atomic E-state index is 12.2. The summed E-state index contributed by atoms with van der Waals surface area (Å²) in [5, 5.41) is 3.14. The van der Waals surface area contributed by atoms with Gasteiger partial charge in [-0.25, -0.2) is 0 Å². The molecular formula is C15H31N3O. The standard InChI is InChI=1S/C15H31N3O/c1-6-15(16,7-2)13(19)17-12-8-10-18(11-9-12)14(3,4)5/h12H,6-11,16H2,1-5H3,(H,17,19). The third kappa shape index (κ3) is 4.18. The molecule has 1 aliphatic heterocycles. The Bertz CT molecular complexity index is 297. The summed E-state index contributed by atoms with van der Waals surface area (Å²) in [6, 6.07) is 0.284. The van der Waals surface area contributed by atoms with E-state index in [-0.39, 0.29) is 17.5 Å². The van der Waals surface area contributed by atoms with Crippen LogP contribution in [0.15, 0.2) is 0 Å². The largest absolute Gasteiger partial charge is 0.352 e. The summed E-state index contributed by atoms with van der Waals surface area (Å²) in [6.45, 7) is 12.8. The predicted molar refractivity (Wildman–Crippen MR) is 80.0 cm³/mol. The number of nitrogens with two attached hydrogens (primary N) is 1. The van der Waals surface area contributed by atoms with Crippen molar-refractivity contribution in [1.82, 2.24) is 10.2 Å². The van der Waals surface area contributed by atoms with Crippen LogP contribution >= 0.6 is 0 Å². The molecule has 1 aliphatic rings. The fourth-order valence-corrected chi connectivity index (χ4v) is 2.59. The van der Waals surface area contributed by atoms with Gasteiger partial charge in [0.15, 0.2) is 0 Å². The Hall–Kier alpha value is -0.610. The highest BCUT2D eigenvalue weighted by molar-refractivity contribution is 5.86. The summed E-state index contributed by atoms with van der Waals surface area (Å²) in [7, 11) is 0. The first-order chi connectivity index (χ1) is 8.73. The second kappa shape index (κ2) is 6.23. The lowest BCUT2D eigenvalue weighted by Crippen LogP contribution is -2.58. The van der Waals surface area contributed by atoms with Gasteiger partial charge >= 0.3 is 0 Å². The van der Waals surface area contributed by atoms with E-state index in [1.165, 1.54) is 0 Å². The summed E-state index contributed by atoms with van der Waals surface area (Å²) >= 11 is 0. The fourth-order valence-electron chi connectivity index (χ4n) is 2.59. The Balaban J connectivity index is 2.48. The Morgan fingerprint density at radius 3 is 2.05 bits per heavy atom. The van der Waals surface area contributed by atoms with Crippen LogP contribution < -0.4 is 11.1 Å². The van der Waals surface area contributed by atoms with Crippen molar-refractivity contribution in [2.45, 2.75) is 77.4 Å². The van der Waals surface area contributed by atoms with E-state index in [0.29, 0.717) is 12.8 Å². The van der Waals surface area contributed by atoms with Crippen molar-refractivity contribution in [3.8, 4) is 0 Å². The van der Waals surface area contributed by atoms with Gasteiger partial charge in [0.2, 0.25) is 5.91 Å². The molecule has 0 radical (unpaired) electrons. The van der Waals surface area contributed by atoms with Crippen LogP contribution in [-0.2, 0) is 4.79 Å². The normalized spacial score (nSPS) is 19.5. The number of nitrogens with zero attached hydrogens (tertiary/aromatic N) is 1. The first-order valence-corrected chi connectivity index (χ1v) is 7.58. The average molecular weight is 269 g/mol. The number of likely N-dealkylation sites (tertiary alicyclic amines) is 1. The maximum atomic E-state index is 12.2. The highest BCUT2D eigenvalue weighted by Crippen LogP contribution is 2.21. The highest BCUT2D eigenvalue weighted by atomic mass is 16.2. The Labute approximate surface area is 118 Å². The summed E-state index contributed by atoms with van der Waals surface area (Å²) in [5.41, 5.74) is 5.66. The summed E-state index contributed by atoms with van der Waals surface area (Å²) < 4.78 is 0. The van der Waals surface area contributed by atoms with E-state index in [4.69, 9.17) is 5.73 Å². The van der Waals surface area contributed by atoms with Crippen LogP contribution in [0.25, 0.3) is 0 Å². The number of hydrogen-bond acceptors (Lipinski definition) is 3. The van der Waals surface area contributed by atoms with Crippen molar-refractivity contribution in [2.75, 3.05) is 13.1 Å². The Morgan fingerprint density at radius 1 is 1.21 bits per heavy atom. The SMILES string of the molecule is CCC(N)(CC)C(=O)NC1CCN(C(C)(C)C)CC1. The van der Waals surface area contributed by atoms with Crippen molar-refractivity contribution in [2.24, 2.45) is 5.73 Å². The molecule has 0 aromatic heterocycles. The molecule has 1 saturated heterocycles. The van der Waals surface area contributed by atoms with Gasteiger partial charge in [0.25, 0.3) is 0 Å². The van der Waals surface area contributed by atoms with E-state index in [1.807, 2.05) is 13.8 Å². The Kier molecular flexibility index (Phi) is 5.39. The van der Waals surface area contributed by atoms with Gasteiger partial charge in [0.1, 0.15) is 0 Å². The summed E-state index contributed by atoms with van der Waals surface area (Å²) in [4.78, 5) is 14.7. The molecule has 1 heterocycles. The van der Waals surface area contributed by atoms with E-state index >= 15 is 0 Å². The van der Waals surface area contributed by atoms with Gasteiger partial charge in [-0.1, -0.05) is 13.8 Å². The van der Waals surface area contributed by atoms with Crippen LogP contribution in [0.1, 0.15) is 60.3 Å². The van der Waals surface area contributed by atoms with E-state index in [1.54, 1.807) is 0 Å². The lowest BCUT2D eigenvalue weighted by molar-refractivity contribution is -0.127. The van der Waals surface area contributed by atoms with Crippen LogP contribution in [0.3, 0.4) is 0 Å². The van der Waals surface area contributed by atoms with Gasteiger partial charge in [-0.3, -0.25) is 9.69 Å². The molecule has 0 aromatic carbocycles. The third-order valence-corrected chi connectivity index (χ3v) is 4.49. The van der Waals surface area contributed by atoms with Crippen molar-refractivity contribution in [3.05, 3.63) is 0 Å². The molecule has 4 heteroatoms. The van der Waals surface area contributed by atoms with Gasteiger partial charge in [-0.2, -0.15) is 0 Å². The third-order valence-electron chi connectivity index (χ3n) is 4.49. The molecule has 0 atom stereocenters. The van der Waals surface area contributed by atoms with Crippen molar-refractivity contribution in [1.29, 1.82) is 0 Å². The molecule has 0 unspecified atom stereocenters. The number of carbonyl (C=O) groups excluding carboxylic acids is 1. The number of carbonyl (C=O) groups is 1. The quantitative estimate of drug-likeness (QED) is 0.819. The average Bonchev–Trinajstić information content (AvgIpc) is 2.37. The molecular weight excluding hydrogens is 238 g/mol. The number of rotatable bonds is 4. The topological polar surface area (TPSA) is 58.4 Å². The lowest BCUT2D eigenvalue weighted by Gasteiger charge is -2.41. The highest BCUT2D eigenvalue weighted by Gasteiger charge is 2.33. The molecule has 0 bridgehead atoms. The van der Waals surface area contributed by atoms with Crippen LogP contribution in [0, 0.1) is 0 Å². The first-order valence-electron chi connectivity index (χ1n) is 7.58. The van der Waals surface area contributed by atoms with Gasteiger partial charge in [0.05, 0.1) is 5.54 Å². The van der Waals surface area contributed by atoms with Crippen LogP contribution in [-0.4, -0.2) is 41.0 Å². The lowest BCUT2D eigenvalue weighted by atomic mass is 9.91. The minimum absolute atomic E-state index is 0.0201. The number of hydrogen-bond donors (Lipinski definition) is 2. The minimum Gasteiger partial charge on any atom is -0.352 e. The number of amides is 1. The Morgan fingerprint density at radius 2 is 1.68 bits per heavy atom. The van der Waals surface area contributed by atoms with Gasteiger partial charge < -0.3 is 11.1 Å². The number of piperidine rings is 1. The molecule has 1 fully saturated rings. The molecule has 112 valence electrons. The zero-order valence-electron chi connectivity index (χ0n) is 13.3. The van der Waals surface area contributed by atoms with Crippen LogP contribution in [0.2, 0.25) is 0 Å². The summed E-state index contributed by atoms with van der Waals surface area (Å²) in [6.07, 6.45) is 3.42. The molecule has 0 spiro atoms. The van der Waals surface area contributed by atoms with Gasteiger partial charge in [0, 0.05) is 24.7 Å². The molecule has 0 aromatic rings. The molecule has 4 nitrogen and oxygen atoms in total. The van der Waals surface area contributed by atoms with E-state index in [0.717, 1.165) is 25.9 Å². The smallest absolute Gasteiger partial charge is 0.240 e. The summed E-state index contributed by atoms with van der Waals surface area (Å²) in [5.74, 6) is 0.0201. The van der Waals surface area contributed by atoms with Crippen LogP contribution in [0.5, 0.6) is 0 Å². The van der Waals surface area contributed by atoms with Crippen molar-refractivity contribution < 1.29 is 4.79 Å². The molecule has 1 rings (SSSR count). The van der Waals surface area contributed by atoms with Gasteiger partial charge in [-0.05, 0) is 46.5 Å². The first kappa shape index (κ1) is 16.4.